The number of aromatic nitrogens is 2. The van der Waals surface area contributed by atoms with E-state index in [0.29, 0.717) is 16.8 Å². The van der Waals surface area contributed by atoms with Gasteiger partial charge in [-0.1, -0.05) is 12.1 Å². The molecule has 2 rings (SSSR count). The van der Waals surface area contributed by atoms with Crippen LogP contribution in [0.5, 0.6) is 0 Å². The van der Waals surface area contributed by atoms with Crippen molar-refractivity contribution in [1.82, 2.24) is 9.97 Å². The molecule has 1 heterocycles. The molecule has 0 bridgehead atoms. The Labute approximate surface area is 123 Å². The minimum absolute atomic E-state index is 0.0222. The molecule has 0 spiro atoms. The van der Waals surface area contributed by atoms with E-state index in [-0.39, 0.29) is 11.0 Å². The van der Waals surface area contributed by atoms with Crippen LogP contribution >= 0.6 is 11.6 Å². The number of nitrogens with one attached hydrogen (secondary N) is 1. The molecule has 1 aromatic heterocycles. The number of carbonyl (C=O) groups excluding carboxylic acids is 1. The highest BCUT2D eigenvalue weighted by Gasteiger charge is 2.38. The van der Waals surface area contributed by atoms with E-state index in [9.17, 15) is 18.0 Å². The molecule has 0 aliphatic carbocycles. The van der Waals surface area contributed by atoms with E-state index in [1.807, 2.05) is 5.32 Å². The van der Waals surface area contributed by atoms with Crippen molar-refractivity contribution < 1.29 is 18.0 Å². The van der Waals surface area contributed by atoms with Crippen molar-refractivity contribution in [3.8, 4) is 11.3 Å². The Morgan fingerprint density at radius 2 is 2.00 bits per heavy atom. The first-order chi connectivity index (χ1) is 9.77. The standard InChI is InChI=1S/C13H9ClF3N3O/c1-7-2-3-8(9-4-5-18-12(14)20-9)6-10(7)19-11(21)13(15,16)17/h2-6H,1H3,(H,19,21). The molecule has 0 atom stereocenters. The van der Waals surface area contributed by atoms with Crippen molar-refractivity contribution in [2.24, 2.45) is 0 Å². The second-order valence-corrected chi connectivity index (χ2v) is 4.53. The number of anilines is 1. The minimum Gasteiger partial charge on any atom is -0.318 e. The number of hydrogen-bond donors (Lipinski definition) is 1. The highest BCUT2D eigenvalue weighted by molar-refractivity contribution is 6.28. The number of aryl methyl sites for hydroxylation is 1. The molecular weight excluding hydrogens is 307 g/mol. The maximum absolute atomic E-state index is 12.3. The van der Waals surface area contributed by atoms with E-state index in [2.05, 4.69) is 9.97 Å². The first-order valence-electron chi connectivity index (χ1n) is 5.75. The van der Waals surface area contributed by atoms with Crippen LogP contribution in [0.25, 0.3) is 11.3 Å². The molecule has 2 aromatic rings. The van der Waals surface area contributed by atoms with Crippen molar-refractivity contribution in [3.05, 3.63) is 41.3 Å². The third kappa shape index (κ3) is 3.69. The Kier molecular flexibility index (Phi) is 4.13. The Hall–Kier alpha value is -2.15. The zero-order valence-corrected chi connectivity index (χ0v) is 11.5. The van der Waals surface area contributed by atoms with E-state index in [1.165, 1.54) is 12.3 Å². The lowest BCUT2D eigenvalue weighted by atomic mass is 10.1. The summed E-state index contributed by atoms with van der Waals surface area (Å²) in [5, 5.41) is 1.86. The summed E-state index contributed by atoms with van der Waals surface area (Å²) in [6, 6.07) is 6.21. The fourth-order valence-corrected chi connectivity index (χ4v) is 1.75. The molecule has 1 aromatic carbocycles. The lowest BCUT2D eigenvalue weighted by Gasteiger charge is -2.12. The Morgan fingerprint density at radius 1 is 1.29 bits per heavy atom. The first-order valence-corrected chi connectivity index (χ1v) is 6.13. The highest BCUT2D eigenvalue weighted by atomic mass is 35.5. The van der Waals surface area contributed by atoms with E-state index in [0.717, 1.165) is 0 Å². The summed E-state index contributed by atoms with van der Waals surface area (Å²) in [6.07, 6.45) is -3.51. The van der Waals surface area contributed by atoms with Crippen LogP contribution in [0.1, 0.15) is 5.56 Å². The van der Waals surface area contributed by atoms with Gasteiger partial charge in [0.15, 0.2) is 0 Å². The second-order valence-electron chi connectivity index (χ2n) is 4.19. The SMILES string of the molecule is Cc1ccc(-c2ccnc(Cl)n2)cc1NC(=O)C(F)(F)F. The molecule has 0 fully saturated rings. The van der Waals surface area contributed by atoms with Crippen LogP contribution in [0.15, 0.2) is 30.5 Å². The van der Waals surface area contributed by atoms with E-state index in [1.54, 1.807) is 25.1 Å². The number of alkyl halides is 3. The van der Waals surface area contributed by atoms with Gasteiger partial charge in [-0.05, 0) is 36.2 Å². The highest BCUT2D eigenvalue weighted by Crippen LogP contribution is 2.26. The van der Waals surface area contributed by atoms with Gasteiger partial charge in [0.05, 0.1) is 5.69 Å². The third-order valence-corrected chi connectivity index (χ3v) is 2.85. The number of rotatable bonds is 2. The summed E-state index contributed by atoms with van der Waals surface area (Å²) in [5.41, 5.74) is 1.51. The van der Waals surface area contributed by atoms with Gasteiger partial charge >= 0.3 is 12.1 Å². The van der Waals surface area contributed by atoms with Crippen LogP contribution in [0.4, 0.5) is 18.9 Å². The van der Waals surface area contributed by atoms with Crippen molar-refractivity contribution in [1.29, 1.82) is 0 Å². The number of carbonyl (C=O) groups is 1. The maximum atomic E-state index is 12.3. The number of hydrogen-bond acceptors (Lipinski definition) is 3. The van der Waals surface area contributed by atoms with Gasteiger partial charge in [-0.3, -0.25) is 4.79 Å². The average molecular weight is 316 g/mol. The van der Waals surface area contributed by atoms with Gasteiger partial charge in [-0.25, -0.2) is 9.97 Å². The van der Waals surface area contributed by atoms with E-state index < -0.39 is 12.1 Å². The molecule has 0 unspecified atom stereocenters. The molecule has 0 saturated heterocycles. The van der Waals surface area contributed by atoms with E-state index >= 15 is 0 Å². The molecule has 8 heteroatoms. The smallest absolute Gasteiger partial charge is 0.318 e. The molecule has 1 N–H and O–H groups in total. The summed E-state index contributed by atoms with van der Waals surface area (Å²) in [7, 11) is 0. The van der Waals surface area contributed by atoms with Crippen molar-refractivity contribution in [2.45, 2.75) is 13.1 Å². The molecule has 1 amide bonds. The predicted octanol–water partition coefficient (Wildman–Crippen LogP) is 3.61. The minimum atomic E-state index is -4.94. The van der Waals surface area contributed by atoms with Crippen LogP contribution in [0, 0.1) is 6.92 Å². The van der Waals surface area contributed by atoms with Crippen molar-refractivity contribution in [2.75, 3.05) is 5.32 Å². The lowest BCUT2D eigenvalue weighted by Crippen LogP contribution is -2.30. The number of benzene rings is 1. The van der Waals surface area contributed by atoms with Gasteiger partial charge < -0.3 is 5.32 Å². The Morgan fingerprint density at radius 3 is 2.62 bits per heavy atom. The zero-order valence-electron chi connectivity index (χ0n) is 10.7. The molecular formula is C13H9ClF3N3O. The van der Waals surface area contributed by atoms with Gasteiger partial charge in [0.2, 0.25) is 5.28 Å². The quantitative estimate of drug-likeness (QED) is 0.861. The van der Waals surface area contributed by atoms with Gasteiger partial charge in [0.1, 0.15) is 0 Å². The molecule has 0 radical (unpaired) electrons. The third-order valence-electron chi connectivity index (χ3n) is 2.67. The lowest BCUT2D eigenvalue weighted by molar-refractivity contribution is -0.167. The van der Waals surface area contributed by atoms with Gasteiger partial charge in [0.25, 0.3) is 0 Å². The molecule has 4 nitrogen and oxygen atoms in total. The topological polar surface area (TPSA) is 54.9 Å². The normalized spacial score (nSPS) is 11.3. The average Bonchev–Trinajstić information content (AvgIpc) is 2.40. The van der Waals surface area contributed by atoms with Crippen LogP contribution in [-0.2, 0) is 4.79 Å². The molecule has 21 heavy (non-hydrogen) atoms. The second kappa shape index (κ2) is 5.69. The Balaban J connectivity index is 2.36. The summed E-state index contributed by atoms with van der Waals surface area (Å²) >= 11 is 5.67. The summed E-state index contributed by atoms with van der Waals surface area (Å²) in [6.45, 7) is 1.59. The van der Waals surface area contributed by atoms with Crippen LogP contribution in [-0.4, -0.2) is 22.1 Å². The van der Waals surface area contributed by atoms with Crippen LogP contribution < -0.4 is 5.32 Å². The first kappa shape index (κ1) is 15.2. The number of amides is 1. The van der Waals surface area contributed by atoms with Gasteiger partial charge in [0, 0.05) is 17.4 Å². The maximum Gasteiger partial charge on any atom is 0.471 e. The van der Waals surface area contributed by atoms with Gasteiger partial charge in [-0.15, -0.1) is 0 Å². The largest absolute Gasteiger partial charge is 0.471 e. The fraction of sp³-hybridized carbons (Fsp3) is 0.154. The van der Waals surface area contributed by atoms with Crippen LogP contribution in [0.2, 0.25) is 5.28 Å². The van der Waals surface area contributed by atoms with E-state index in [4.69, 9.17) is 11.6 Å². The van der Waals surface area contributed by atoms with Crippen molar-refractivity contribution >= 4 is 23.2 Å². The number of nitrogens with zero attached hydrogens (tertiary/aromatic N) is 2. The fourth-order valence-electron chi connectivity index (χ4n) is 1.60. The number of halogens is 4. The molecule has 0 aliphatic heterocycles. The van der Waals surface area contributed by atoms with Gasteiger partial charge in [-0.2, -0.15) is 13.2 Å². The monoisotopic (exact) mass is 315 g/mol. The predicted molar refractivity (Wildman–Crippen MR) is 71.9 cm³/mol. The molecule has 110 valence electrons. The summed E-state index contributed by atoms with van der Waals surface area (Å²) in [5.74, 6) is -2.02. The molecule has 0 aliphatic rings. The molecule has 0 saturated carbocycles. The summed E-state index contributed by atoms with van der Waals surface area (Å²) in [4.78, 5) is 18.7. The van der Waals surface area contributed by atoms with Crippen molar-refractivity contribution in [3.63, 3.8) is 0 Å². The zero-order chi connectivity index (χ0) is 15.6. The van der Waals surface area contributed by atoms with Crippen LogP contribution in [0.3, 0.4) is 0 Å². The Bertz CT molecular complexity index is 689. The summed E-state index contributed by atoms with van der Waals surface area (Å²) < 4.78 is 36.9.